The number of carbonyl (C=O) groups excluding carboxylic acids is 4. The van der Waals surface area contributed by atoms with Gasteiger partial charge in [-0.2, -0.15) is 0 Å². The summed E-state index contributed by atoms with van der Waals surface area (Å²) in [7, 11) is 3.04. The Kier molecular flexibility index (Phi) is 8.58. The van der Waals surface area contributed by atoms with E-state index in [1.54, 1.807) is 44.2 Å². The lowest BCUT2D eigenvalue weighted by Gasteiger charge is -2.22. The summed E-state index contributed by atoms with van der Waals surface area (Å²) in [6.45, 7) is 3.63. The van der Waals surface area contributed by atoms with E-state index in [9.17, 15) is 19.2 Å². The van der Waals surface area contributed by atoms with E-state index >= 15 is 0 Å². The minimum absolute atomic E-state index is 0.00335. The van der Waals surface area contributed by atoms with Crippen LogP contribution in [-0.2, 0) is 9.59 Å². The van der Waals surface area contributed by atoms with Gasteiger partial charge in [-0.3, -0.25) is 24.1 Å². The molecule has 2 N–H and O–H groups in total. The molecule has 10 nitrogen and oxygen atoms in total. The summed E-state index contributed by atoms with van der Waals surface area (Å²) in [6.07, 6.45) is 2.97. The highest BCUT2D eigenvalue weighted by Gasteiger charge is 2.35. The first-order chi connectivity index (χ1) is 16.7. The van der Waals surface area contributed by atoms with Gasteiger partial charge < -0.3 is 24.5 Å². The minimum atomic E-state index is -0.813. The van der Waals surface area contributed by atoms with Gasteiger partial charge in [0.05, 0.1) is 25.4 Å². The van der Waals surface area contributed by atoms with Crippen LogP contribution in [0, 0.1) is 5.92 Å². The van der Waals surface area contributed by atoms with Crippen LogP contribution >= 0.6 is 11.8 Å². The average Bonchev–Trinajstić information content (AvgIpc) is 3.46. The van der Waals surface area contributed by atoms with Crippen molar-refractivity contribution in [1.29, 1.82) is 0 Å². The Hall–Kier alpha value is -3.73. The van der Waals surface area contributed by atoms with Gasteiger partial charge in [0.2, 0.25) is 5.91 Å². The van der Waals surface area contributed by atoms with Crippen molar-refractivity contribution in [2.45, 2.75) is 19.9 Å². The Morgan fingerprint density at radius 2 is 1.89 bits per heavy atom. The van der Waals surface area contributed by atoms with Crippen LogP contribution in [0.15, 0.2) is 45.9 Å². The molecule has 0 aliphatic carbocycles. The number of rotatable bonds is 10. The Bertz CT molecular complexity index is 1130. The van der Waals surface area contributed by atoms with Crippen molar-refractivity contribution in [2.75, 3.05) is 27.3 Å². The normalized spacial score (nSPS) is 15.5. The molecule has 0 radical (unpaired) electrons. The molecule has 186 valence electrons. The molecule has 4 amide bonds. The van der Waals surface area contributed by atoms with Crippen LogP contribution in [0.2, 0.25) is 0 Å². The maximum Gasteiger partial charge on any atom is 0.293 e. The highest BCUT2D eigenvalue weighted by molar-refractivity contribution is 8.18. The van der Waals surface area contributed by atoms with Gasteiger partial charge in [-0.05, 0) is 53.6 Å². The summed E-state index contributed by atoms with van der Waals surface area (Å²) in [5.74, 6) is -0.424. The number of hydrogen-bond acceptors (Lipinski definition) is 8. The topological polar surface area (TPSA) is 127 Å². The number of carbonyl (C=O) groups is 4. The van der Waals surface area contributed by atoms with Gasteiger partial charge in [0.1, 0.15) is 6.04 Å². The fraction of sp³-hybridized carbons (Fsp3) is 0.333. The molecule has 2 heterocycles. The summed E-state index contributed by atoms with van der Waals surface area (Å²) in [5.41, 5.74) is 0.675. The Labute approximate surface area is 207 Å². The van der Waals surface area contributed by atoms with Crippen molar-refractivity contribution >= 4 is 40.8 Å². The average molecular weight is 502 g/mol. The third-order valence-electron chi connectivity index (χ3n) is 5.19. The van der Waals surface area contributed by atoms with Crippen LogP contribution in [-0.4, -0.2) is 61.2 Å². The predicted molar refractivity (Wildman–Crippen MR) is 130 cm³/mol. The van der Waals surface area contributed by atoms with Gasteiger partial charge >= 0.3 is 0 Å². The minimum Gasteiger partial charge on any atom is -0.493 e. The van der Waals surface area contributed by atoms with Crippen molar-refractivity contribution < 1.29 is 33.1 Å². The SMILES string of the molecule is COc1ccc(C=C2SC(=O)N(CCNC(=O)C(NC(=O)c3ccco3)C(C)C)C2=O)cc1OC. The van der Waals surface area contributed by atoms with Gasteiger partial charge in [-0.15, -0.1) is 0 Å². The number of hydrogen-bond donors (Lipinski definition) is 2. The lowest BCUT2D eigenvalue weighted by molar-refractivity contribution is -0.125. The molecule has 0 saturated carbocycles. The van der Waals surface area contributed by atoms with E-state index in [1.165, 1.54) is 26.5 Å². The molecule has 1 fully saturated rings. The number of ether oxygens (including phenoxy) is 2. The molecular formula is C24H27N3O7S. The van der Waals surface area contributed by atoms with Gasteiger partial charge in [0.15, 0.2) is 17.3 Å². The van der Waals surface area contributed by atoms with E-state index < -0.39 is 29.0 Å². The van der Waals surface area contributed by atoms with Crippen molar-refractivity contribution in [3.63, 3.8) is 0 Å². The maximum atomic E-state index is 12.8. The number of methoxy groups -OCH3 is 2. The van der Waals surface area contributed by atoms with E-state index in [4.69, 9.17) is 13.9 Å². The van der Waals surface area contributed by atoms with Crippen LogP contribution in [0.1, 0.15) is 30.0 Å². The van der Waals surface area contributed by atoms with E-state index in [1.807, 2.05) is 0 Å². The highest BCUT2D eigenvalue weighted by Crippen LogP contribution is 2.34. The molecule has 3 rings (SSSR count). The number of amides is 4. The first-order valence-electron chi connectivity index (χ1n) is 10.8. The number of nitrogens with one attached hydrogen (secondary N) is 2. The fourth-order valence-electron chi connectivity index (χ4n) is 3.34. The third kappa shape index (κ3) is 6.24. The first-order valence-corrected chi connectivity index (χ1v) is 11.7. The molecule has 0 spiro atoms. The van der Waals surface area contributed by atoms with Gasteiger partial charge in [0, 0.05) is 13.1 Å². The maximum absolute atomic E-state index is 12.8. The molecule has 2 aromatic rings. The van der Waals surface area contributed by atoms with Crippen LogP contribution in [0.25, 0.3) is 6.08 Å². The van der Waals surface area contributed by atoms with E-state index in [0.717, 1.165) is 16.7 Å². The second-order valence-corrected chi connectivity index (χ2v) is 8.90. The monoisotopic (exact) mass is 501 g/mol. The zero-order valence-electron chi connectivity index (χ0n) is 19.8. The van der Waals surface area contributed by atoms with Crippen LogP contribution < -0.4 is 20.1 Å². The molecule has 1 atom stereocenters. The molecule has 1 unspecified atom stereocenters. The summed E-state index contributed by atoms with van der Waals surface area (Å²) >= 11 is 0.823. The Morgan fingerprint density at radius 1 is 1.14 bits per heavy atom. The van der Waals surface area contributed by atoms with Crippen molar-refractivity contribution in [3.05, 3.63) is 52.8 Å². The lowest BCUT2D eigenvalue weighted by Crippen LogP contribution is -2.51. The molecule has 1 aliphatic rings. The zero-order valence-corrected chi connectivity index (χ0v) is 20.6. The zero-order chi connectivity index (χ0) is 25.5. The van der Waals surface area contributed by atoms with Crippen LogP contribution in [0.3, 0.4) is 0 Å². The fourth-order valence-corrected chi connectivity index (χ4v) is 4.21. The number of benzene rings is 1. The lowest BCUT2D eigenvalue weighted by atomic mass is 10.0. The summed E-state index contributed by atoms with van der Waals surface area (Å²) in [4.78, 5) is 51.4. The Morgan fingerprint density at radius 3 is 2.51 bits per heavy atom. The largest absolute Gasteiger partial charge is 0.493 e. The highest BCUT2D eigenvalue weighted by atomic mass is 32.2. The summed E-state index contributed by atoms with van der Waals surface area (Å²) in [5, 5.41) is 4.90. The number of thioether (sulfide) groups is 1. The number of nitrogens with zero attached hydrogens (tertiary/aromatic N) is 1. The standard InChI is InChI=1S/C24H27N3O7S/c1-14(2)20(26-21(28)17-6-5-11-34-17)22(29)25-9-10-27-23(30)19(35-24(27)31)13-15-7-8-16(32-3)18(12-15)33-4/h5-8,11-14,20H,9-10H2,1-4H3,(H,25,29)(H,26,28). The molecule has 0 bridgehead atoms. The predicted octanol–water partition coefficient (Wildman–Crippen LogP) is 2.90. The molecule has 35 heavy (non-hydrogen) atoms. The van der Waals surface area contributed by atoms with Crippen LogP contribution in [0.5, 0.6) is 11.5 Å². The second-order valence-electron chi connectivity index (χ2n) is 7.91. The van der Waals surface area contributed by atoms with Crippen LogP contribution in [0.4, 0.5) is 4.79 Å². The molecular weight excluding hydrogens is 474 g/mol. The van der Waals surface area contributed by atoms with Crippen molar-refractivity contribution in [1.82, 2.24) is 15.5 Å². The van der Waals surface area contributed by atoms with E-state index in [0.29, 0.717) is 17.1 Å². The second kappa shape index (κ2) is 11.6. The molecule has 1 aromatic carbocycles. The van der Waals surface area contributed by atoms with Gasteiger partial charge in [-0.1, -0.05) is 19.9 Å². The van der Waals surface area contributed by atoms with E-state index in [-0.39, 0.29) is 29.7 Å². The van der Waals surface area contributed by atoms with Gasteiger partial charge in [0.25, 0.3) is 17.1 Å². The van der Waals surface area contributed by atoms with Gasteiger partial charge in [-0.25, -0.2) is 0 Å². The van der Waals surface area contributed by atoms with Crippen molar-refractivity contribution in [3.8, 4) is 11.5 Å². The quantitative estimate of drug-likeness (QED) is 0.476. The number of furan rings is 1. The number of imide groups is 1. The molecule has 1 aromatic heterocycles. The molecule has 1 aliphatic heterocycles. The smallest absolute Gasteiger partial charge is 0.293 e. The van der Waals surface area contributed by atoms with Crippen molar-refractivity contribution in [2.24, 2.45) is 5.92 Å². The molecule has 1 saturated heterocycles. The Balaban J connectivity index is 1.59. The summed E-state index contributed by atoms with van der Waals surface area (Å²) in [6, 6.07) is 7.43. The van der Waals surface area contributed by atoms with E-state index in [2.05, 4.69) is 10.6 Å². The third-order valence-corrected chi connectivity index (χ3v) is 6.10. The molecule has 11 heteroatoms. The first kappa shape index (κ1) is 25.9. The summed E-state index contributed by atoms with van der Waals surface area (Å²) < 4.78 is 15.5.